The molecule has 0 unspecified atom stereocenters. The molecule has 1 aliphatic rings. The molecule has 2 rings (SSSR count). The quantitative estimate of drug-likeness (QED) is 0.904. The van der Waals surface area contributed by atoms with Crippen LogP contribution < -0.4 is 0 Å². The molecule has 1 atom stereocenters. The number of hydrogen-bond acceptors (Lipinski definition) is 2. The van der Waals surface area contributed by atoms with Crippen molar-refractivity contribution in [3.8, 4) is 0 Å². The summed E-state index contributed by atoms with van der Waals surface area (Å²) in [5.41, 5.74) is 1.03. The molecular formula is C15H20ClNO. The summed E-state index contributed by atoms with van der Waals surface area (Å²) in [7, 11) is 0. The normalized spacial score (nSPS) is 19.7. The van der Waals surface area contributed by atoms with Gasteiger partial charge in [0, 0.05) is 11.6 Å². The van der Waals surface area contributed by atoms with E-state index in [9.17, 15) is 5.11 Å². The number of aliphatic hydroxyl groups is 1. The monoisotopic (exact) mass is 265 g/mol. The third-order valence-electron chi connectivity index (χ3n) is 3.62. The fourth-order valence-electron chi connectivity index (χ4n) is 2.59. The first-order valence-electron chi connectivity index (χ1n) is 6.45. The predicted molar refractivity (Wildman–Crippen MR) is 75.6 cm³/mol. The van der Waals surface area contributed by atoms with Crippen molar-refractivity contribution in [2.24, 2.45) is 5.92 Å². The standard InChI is InChI=1S/C15H20ClNO/c1-12(16)11-17-9-7-14(8-10-17)15(18)13-5-3-2-4-6-13/h2-6,14-15,18H,1,7-11H2/t15-/m0/s1. The Morgan fingerprint density at radius 2 is 1.94 bits per heavy atom. The van der Waals surface area contributed by atoms with Crippen molar-refractivity contribution in [3.63, 3.8) is 0 Å². The first-order valence-corrected chi connectivity index (χ1v) is 6.83. The van der Waals surface area contributed by atoms with Gasteiger partial charge in [0.25, 0.3) is 0 Å². The Balaban J connectivity index is 1.88. The van der Waals surface area contributed by atoms with Gasteiger partial charge in [0.15, 0.2) is 0 Å². The Morgan fingerprint density at radius 1 is 1.33 bits per heavy atom. The van der Waals surface area contributed by atoms with Gasteiger partial charge in [-0.1, -0.05) is 48.5 Å². The second kappa shape index (κ2) is 6.37. The van der Waals surface area contributed by atoms with Crippen LogP contribution in [0.3, 0.4) is 0 Å². The Kier molecular flexibility index (Phi) is 4.81. The van der Waals surface area contributed by atoms with Crippen molar-refractivity contribution in [2.45, 2.75) is 18.9 Å². The second-order valence-corrected chi connectivity index (χ2v) is 5.52. The third kappa shape index (κ3) is 3.58. The van der Waals surface area contributed by atoms with E-state index in [-0.39, 0.29) is 6.10 Å². The van der Waals surface area contributed by atoms with Crippen LogP contribution in [0.5, 0.6) is 0 Å². The van der Waals surface area contributed by atoms with E-state index in [2.05, 4.69) is 11.5 Å². The Bertz CT molecular complexity index is 385. The average molecular weight is 266 g/mol. The van der Waals surface area contributed by atoms with Crippen LogP contribution in [0.1, 0.15) is 24.5 Å². The van der Waals surface area contributed by atoms with E-state index in [0.717, 1.165) is 38.0 Å². The highest BCUT2D eigenvalue weighted by Gasteiger charge is 2.25. The smallest absolute Gasteiger partial charge is 0.0819 e. The summed E-state index contributed by atoms with van der Waals surface area (Å²) in [6.45, 7) is 6.46. The Morgan fingerprint density at radius 3 is 2.50 bits per heavy atom. The molecule has 0 radical (unpaired) electrons. The molecular weight excluding hydrogens is 246 g/mol. The van der Waals surface area contributed by atoms with Crippen LogP contribution in [0.15, 0.2) is 41.9 Å². The van der Waals surface area contributed by atoms with Crippen LogP contribution >= 0.6 is 11.6 Å². The highest BCUT2D eigenvalue weighted by Crippen LogP contribution is 2.30. The van der Waals surface area contributed by atoms with Gasteiger partial charge in [-0.2, -0.15) is 0 Å². The fourth-order valence-corrected chi connectivity index (χ4v) is 2.76. The molecule has 1 saturated heterocycles. The van der Waals surface area contributed by atoms with E-state index in [1.54, 1.807) is 0 Å². The zero-order valence-corrected chi connectivity index (χ0v) is 11.3. The van der Waals surface area contributed by atoms with Crippen LogP contribution in [0.4, 0.5) is 0 Å². The zero-order chi connectivity index (χ0) is 13.0. The molecule has 0 amide bonds. The number of halogens is 1. The number of likely N-dealkylation sites (tertiary alicyclic amines) is 1. The maximum Gasteiger partial charge on any atom is 0.0819 e. The van der Waals surface area contributed by atoms with Gasteiger partial charge in [0.2, 0.25) is 0 Å². The van der Waals surface area contributed by atoms with Crippen LogP contribution in [-0.2, 0) is 0 Å². The van der Waals surface area contributed by atoms with E-state index in [1.807, 2.05) is 30.3 Å². The molecule has 0 saturated carbocycles. The maximum atomic E-state index is 10.4. The van der Waals surface area contributed by atoms with Crippen LogP contribution in [0, 0.1) is 5.92 Å². The molecule has 0 spiro atoms. The lowest BCUT2D eigenvalue weighted by molar-refractivity contribution is 0.0619. The molecule has 1 N–H and O–H groups in total. The van der Waals surface area contributed by atoms with Crippen LogP contribution in [-0.4, -0.2) is 29.6 Å². The van der Waals surface area contributed by atoms with Crippen molar-refractivity contribution in [2.75, 3.05) is 19.6 Å². The lowest BCUT2D eigenvalue weighted by Gasteiger charge is -2.34. The van der Waals surface area contributed by atoms with E-state index < -0.39 is 0 Å². The minimum Gasteiger partial charge on any atom is -0.388 e. The summed E-state index contributed by atoms with van der Waals surface area (Å²) >= 11 is 5.82. The van der Waals surface area contributed by atoms with Crippen LogP contribution in [0.2, 0.25) is 0 Å². The number of piperidine rings is 1. The summed E-state index contributed by atoms with van der Waals surface area (Å²) in [4.78, 5) is 2.30. The largest absolute Gasteiger partial charge is 0.388 e. The minimum absolute atomic E-state index is 0.340. The molecule has 1 fully saturated rings. The van der Waals surface area contributed by atoms with Gasteiger partial charge in [-0.05, 0) is 37.4 Å². The van der Waals surface area contributed by atoms with E-state index in [0.29, 0.717) is 11.0 Å². The van der Waals surface area contributed by atoms with Crippen molar-refractivity contribution < 1.29 is 5.11 Å². The molecule has 3 heteroatoms. The van der Waals surface area contributed by atoms with Gasteiger partial charge in [0.1, 0.15) is 0 Å². The van der Waals surface area contributed by atoms with Gasteiger partial charge in [0.05, 0.1) is 6.10 Å². The summed E-state index contributed by atoms with van der Waals surface area (Å²) in [5, 5.41) is 11.0. The first kappa shape index (κ1) is 13.6. The lowest BCUT2D eigenvalue weighted by Crippen LogP contribution is -2.36. The third-order valence-corrected chi connectivity index (χ3v) is 3.73. The van der Waals surface area contributed by atoms with E-state index in [1.165, 1.54) is 0 Å². The first-order chi connectivity index (χ1) is 8.66. The molecule has 1 aromatic carbocycles. The molecule has 1 heterocycles. The second-order valence-electron chi connectivity index (χ2n) is 4.99. The van der Waals surface area contributed by atoms with E-state index >= 15 is 0 Å². The topological polar surface area (TPSA) is 23.5 Å². The summed E-state index contributed by atoms with van der Waals surface area (Å²) < 4.78 is 0. The molecule has 0 bridgehead atoms. The minimum atomic E-state index is -0.340. The number of hydrogen-bond donors (Lipinski definition) is 1. The Labute approximate surface area is 114 Å². The van der Waals surface area contributed by atoms with Gasteiger partial charge in [-0.3, -0.25) is 4.90 Å². The molecule has 0 aromatic heterocycles. The highest BCUT2D eigenvalue weighted by atomic mass is 35.5. The number of benzene rings is 1. The number of aliphatic hydroxyl groups excluding tert-OH is 1. The maximum absolute atomic E-state index is 10.4. The Hall–Kier alpha value is -0.830. The molecule has 2 nitrogen and oxygen atoms in total. The zero-order valence-electron chi connectivity index (χ0n) is 10.6. The van der Waals surface area contributed by atoms with E-state index in [4.69, 9.17) is 11.6 Å². The van der Waals surface area contributed by atoms with Crippen LogP contribution in [0.25, 0.3) is 0 Å². The van der Waals surface area contributed by atoms with Gasteiger partial charge < -0.3 is 5.11 Å². The molecule has 18 heavy (non-hydrogen) atoms. The highest BCUT2D eigenvalue weighted by molar-refractivity contribution is 6.29. The number of rotatable bonds is 4. The average Bonchev–Trinajstić information content (AvgIpc) is 2.39. The molecule has 98 valence electrons. The van der Waals surface area contributed by atoms with Gasteiger partial charge in [-0.15, -0.1) is 0 Å². The van der Waals surface area contributed by atoms with Gasteiger partial charge >= 0.3 is 0 Å². The van der Waals surface area contributed by atoms with Crippen molar-refractivity contribution in [1.82, 2.24) is 4.90 Å². The predicted octanol–water partition coefficient (Wildman–Crippen LogP) is 3.18. The summed E-state index contributed by atoms with van der Waals surface area (Å²) in [5.74, 6) is 0.354. The molecule has 0 aliphatic carbocycles. The van der Waals surface area contributed by atoms with Crippen molar-refractivity contribution in [1.29, 1.82) is 0 Å². The van der Waals surface area contributed by atoms with Gasteiger partial charge in [-0.25, -0.2) is 0 Å². The SMILES string of the molecule is C=C(Cl)CN1CCC([C@@H](O)c2ccccc2)CC1. The lowest BCUT2D eigenvalue weighted by atomic mass is 9.87. The summed E-state index contributed by atoms with van der Waals surface area (Å²) in [6.07, 6.45) is 1.69. The fraction of sp³-hybridized carbons (Fsp3) is 0.467. The van der Waals surface area contributed by atoms with Crippen molar-refractivity contribution >= 4 is 11.6 Å². The molecule has 1 aromatic rings. The van der Waals surface area contributed by atoms with Crippen molar-refractivity contribution in [3.05, 3.63) is 47.5 Å². The summed E-state index contributed by atoms with van der Waals surface area (Å²) in [6, 6.07) is 9.93. The number of nitrogens with zero attached hydrogens (tertiary/aromatic N) is 1. The molecule has 1 aliphatic heterocycles.